The summed E-state index contributed by atoms with van der Waals surface area (Å²) in [7, 11) is 0. The fourth-order valence-corrected chi connectivity index (χ4v) is 2.80. The fourth-order valence-electron chi connectivity index (χ4n) is 2.80. The van der Waals surface area contributed by atoms with Crippen LogP contribution in [-0.2, 0) is 13.2 Å². The molecule has 0 spiro atoms. The van der Waals surface area contributed by atoms with Gasteiger partial charge < -0.3 is 14.4 Å². The number of fused-ring (bicyclic) bond motifs is 1. The van der Waals surface area contributed by atoms with Gasteiger partial charge in [0.2, 0.25) is 0 Å². The Balaban J connectivity index is 1.99. The Morgan fingerprint density at radius 2 is 1.96 bits per heavy atom. The van der Waals surface area contributed by atoms with Crippen LogP contribution in [0.1, 0.15) is 29.9 Å². The molecule has 0 radical (unpaired) electrons. The molecule has 0 saturated carbocycles. The third-order valence-electron chi connectivity index (χ3n) is 4.15. The number of halogens is 1. The van der Waals surface area contributed by atoms with Crippen LogP contribution in [0, 0.1) is 5.82 Å². The predicted molar refractivity (Wildman–Crippen MR) is 99.1 cm³/mol. The lowest BCUT2D eigenvalue weighted by atomic mass is 10.2. The van der Waals surface area contributed by atoms with Gasteiger partial charge in [0.05, 0.1) is 5.52 Å². The van der Waals surface area contributed by atoms with Crippen molar-refractivity contribution in [1.29, 1.82) is 0 Å². The number of aromatic nitrogens is 1. The van der Waals surface area contributed by atoms with Crippen LogP contribution in [0.15, 0.2) is 60.2 Å². The fraction of sp³-hybridized carbons (Fsp3) is 0.190. The summed E-state index contributed by atoms with van der Waals surface area (Å²) in [5.41, 5.74) is 2.52. The molecular weight excluding hydrogens is 333 g/mol. The second-order valence-electron chi connectivity index (χ2n) is 6.30. The number of hydrogen-bond acceptors (Lipinski definition) is 2. The molecule has 134 valence electrons. The van der Waals surface area contributed by atoms with Crippen LogP contribution in [0.5, 0.6) is 5.75 Å². The summed E-state index contributed by atoms with van der Waals surface area (Å²) in [6, 6.07) is 13.5. The van der Waals surface area contributed by atoms with Crippen molar-refractivity contribution in [2.75, 3.05) is 0 Å². The van der Waals surface area contributed by atoms with E-state index in [1.54, 1.807) is 34.9 Å². The number of aromatic carboxylic acids is 1. The van der Waals surface area contributed by atoms with Gasteiger partial charge in [-0.25, -0.2) is 9.18 Å². The monoisotopic (exact) mass is 353 g/mol. The zero-order chi connectivity index (χ0) is 18.7. The highest BCUT2D eigenvalue weighted by atomic mass is 19.1. The van der Waals surface area contributed by atoms with Crippen LogP contribution in [0.4, 0.5) is 4.39 Å². The quantitative estimate of drug-likeness (QED) is 0.633. The average Bonchev–Trinajstić information content (AvgIpc) is 2.99. The van der Waals surface area contributed by atoms with Gasteiger partial charge in [-0.1, -0.05) is 35.9 Å². The lowest BCUT2D eigenvalue weighted by Gasteiger charge is -2.09. The minimum atomic E-state index is -0.997. The summed E-state index contributed by atoms with van der Waals surface area (Å²) in [6.07, 6.45) is 1.97. The second-order valence-corrected chi connectivity index (χ2v) is 6.30. The topological polar surface area (TPSA) is 51.5 Å². The molecule has 0 aliphatic heterocycles. The van der Waals surface area contributed by atoms with E-state index in [1.807, 2.05) is 32.1 Å². The van der Waals surface area contributed by atoms with E-state index in [4.69, 9.17) is 4.74 Å². The van der Waals surface area contributed by atoms with Crippen LogP contribution >= 0.6 is 0 Å². The van der Waals surface area contributed by atoms with Crippen molar-refractivity contribution >= 4 is 16.9 Å². The van der Waals surface area contributed by atoms with Gasteiger partial charge in [0.25, 0.3) is 0 Å². The third kappa shape index (κ3) is 3.61. The molecule has 1 N–H and O–H groups in total. The molecule has 0 aliphatic carbocycles. The Hall–Kier alpha value is -3.08. The molecule has 4 nitrogen and oxygen atoms in total. The molecule has 0 amide bonds. The summed E-state index contributed by atoms with van der Waals surface area (Å²) in [5.74, 6) is -0.792. The van der Waals surface area contributed by atoms with Crippen LogP contribution in [0.3, 0.4) is 0 Å². The minimum absolute atomic E-state index is 0.0767. The Morgan fingerprint density at radius 3 is 2.65 bits per heavy atom. The Labute approximate surface area is 151 Å². The third-order valence-corrected chi connectivity index (χ3v) is 4.15. The lowest BCUT2D eigenvalue weighted by molar-refractivity contribution is 0.0686. The van der Waals surface area contributed by atoms with Crippen molar-refractivity contribution in [3.05, 3.63) is 77.3 Å². The normalized spacial score (nSPS) is 10.7. The van der Waals surface area contributed by atoms with E-state index >= 15 is 0 Å². The first-order valence-electron chi connectivity index (χ1n) is 8.32. The molecule has 0 fully saturated rings. The van der Waals surface area contributed by atoms with Gasteiger partial charge in [0.1, 0.15) is 23.9 Å². The molecule has 0 saturated heterocycles. The predicted octanol–water partition coefficient (Wildman–Crippen LogP) is 5.02. The van der Waals surface area contributed by atoms with Gasteiger partial charge in [0, 0.05) is 17.5 Å². The van der Waals surface area contributed by atoms with Crippen molar-refractivity contribution in [1.82, 2.24) is 4.57 Å². The Kier molecular flexibility index (Phi) is 5.07. The first kappa shape index (κ1) is 17.7. The lowest BCUT2D eigenvalue weighted by Crippen LogP contribution is -2.07. The maximum Gasteiger partial charge on any atom is 0.352 e. The number of nitrogens with zero attached hydrogens (tertiary/aromatic N) is 1. The van der Waals surface area contributed by atoms with Gasteiger partial charge in [-0.05, 0) is 38.1 Å². The minimum Gasteiger partial charge on any atom is -0.488 e. The number of allylic oxidation sites excluding steroid dienone is 2. The summed E-state index contributed by atoms with van der Waals surface area (Å²) in [5, 5.41) is 10.2. The molecule has 3 aromatic rings. The van der Waals surface area contributed by atoms with Crippen molar-refractivity contribution in [3.63, 3.8) is 0 Å². The number of rotatable bonds is 6. The number of benzene rings is 2. The van der Waals surface area contributed by atoms with Crippen LogP contribution in [0.25, 0.3) is 10.9 Å². The smallest absolute Gasteiger partial charge is 0.352 e. The van der Waals surface area contributed by atoms with Gasteiger partial charge in [-0.15, -0.1) is 0 Å². The van der Waals surface area contributed by atoms with Crippen molar-refractivity contribution < 1.29 is 19.0 Å². The van der Waals surface area contributed by atoms with E-state index in [0.717, 1.165) is 11.1 Å². The molecule has 0 bridgehead atoms. The van der Waals surface area contributed by atoms with Crippen LogP contribution in [0.2, 0.25) is 0 Å². The molecular formula is C21H20FNO3. The molecule has 0 unspecified atom stereocenters. The van der Waals surface area contributed by atoms with Gasteiger partial charge >= 0.3 is 5.97 Å². The van der Waals surface area contributed by atoms with Crippen molar-refractivity contribution in [2.24, 2.45) is 0 Å². The molecule has 0 atom stereocenters. The van der Waals surface area contributed by atoms with Crippen molar-refractivity contribution in [3.8, 4) is 5.75 Å². The second kappa shape index (κ2) is 7.44. The molecule has 26 heavy (non-hydrogen) atoms. The number of carboxylic acid groups (broad SMARTS) is 1. The van der Waals surface area contributed by atoms with Gasteiger partial charge in [-0.3, -0.25) is 0 Å². The molecule has 1 aromatic heterocycles. The standard InChI is InChI=1S/C21H20FNO3/c1-14(2)10-11-23-18-8-5-9-20(16(18)12-19(23)21(24)25)26-13-15-6-3-4-7-17(15)22/h3-10,12H,11,13H2,1-2H3,(H,24,25). The summed E-state index contributed by atoms with van der Waals surface area (Å²) in [6.45, 7) is 4.47. The molecule has 0 aliphatic rings. The largest absolute Gasteiger partial charge is 0.488 e. The number of ether oxygens (including phenoxy) is 1. The van der Waals surface area contributed by atoms with E-state index in [9.17, 15) is 14.3 Å². The van der Waals surface area contributed by atoms with Crippen molar-refractivity contribution in [2.45, 2.75) is 27.0 Å². The number of hydrogen-bond donors (Lipinski definition) is 1. The first-order valence-corrected chi connectivity index (χ1v) is 8.32. The molecule has 1 heterocycles. The number of carboxylic acids is 1. The van der Waals surface area contributed by atoms with Crippen LogP contribution < -0.4 is 4.74 Å². The highest BCUT2D eigenvalue weighted by Crippen LogP contribution is 2.30. The summed E-state index contributed by atoms with van der Waals surface area (Å²) >= 11 is 0. The summed E-state index contributed by atoms with van der Waals surface area (Å²) in [4.78, 5) is 11.6. The summed E-state index contributed by atoms with van der Waals surface area (Å²) < 4.78 is 21.3. The van der Waals surface area contributed by atoms with E-state index in [-0.39, 0.29) is 18.1 Å². The molecule has 3 rings (SSSR count). The Bertz CT molecular complexity index is 984. The Morgan fingerprint density at radius 1 is 1.19 bits per heavy atom. The SMILES string of the molecule is CC(C)=CCn1c(C(=O)O)cc2c(OCc3ccccc3F)cccc21. The van der Waals surface area contributed by atoms with Gasteiger partial charge in [0.15, 0.2) is 0 Å². The van der Waals surface area contributed by atoms with Crippen LogP contribution in [-0.4, -0.2) is 15.6 Å². The zero-order valence-electron chi connectivity index (χ0n) is 14.7. The zero-order valence-corrected chi connectivity index (χ0v) is 14.7. The van der Waals surface area contributed by atoms with E-state index in [1.165, 1.54) is 6.07 Å². The highest BCUT2D eigenvalue weighted by molar-refractivity contribution is 5.97. The first-order chi connectivity index (χ1) is 12.5. The average molecular weight is 353 g/mol. The highest BCUT2D eigenvalue weighted by Gasteiger charge is 2.17. The van der Waals surface area contributed by atoms with E-state index < -0.39 is 5.97 Å². The maximum absolute atomic E-state index is 13.8. The van der Waals surface area contributed by atoms with E-state index in [2.05, 4.69) is 0 Å². The van der Waals surface area contributed by atoms with E-state index in [0.29, 0.717) is 23.2 Å². The number of carbonyl (C=O) groups is 1. The molecule has 2 aromatic carbocycles. The maximum atomic E-state index is 13.8. The van der Waals surface area contributed by atoms with Gasteiger partial charge in [-0.2, -0.15) is 0 Å². The molecule has 5 heteroatoms.